The molecule has 5 heteroatoms. The first kappa shape index (κ1) is 10.6. The number of nitrogens with zero attached hydrogens (tertiary/aromatic N) is 2. The Morgan fingerprint density at radius 1 is 1.47 bits per heavy atom. The highest BCUT2D eigenvalue weighted by atomic mass is 32.1. The highest BCUT2D eigenvalue weighted by Crippen LogP contribution is 2.17. The van der Waals surface area contributed by atoms with E-state index in [1.807, 2.05) is 6.20 Å². The van der Waals surface area contributed by atoms with Crippen LogP contribution in [-0.4, -0.2) is 16.9 Å². The molecule has 0 aliphatic carbocycles. The van der Waals surface area contributed by atoms with Crippen molar-refractivity contribution in [2.75, 3.05) is 12.8 Å². The van der Waals surface area contributed by atoms with Gasteiger partial charge in [-0.2, -0.15) is 11.3 Å². The lowest BCUT2D eigenvalue weighted by atomic mass is 10.3. The van der Waals surface area contributed by atoms with Gasteiger partial charge in [0, 0.05) is 24.2 Å². The molecule has 80 valence electrons. The van der Waals surface area contributed by atoms with E-state index in [1.165, 1.54) is 10.4 Å². The molecular weight excluding hydrogens is 226 g/mol. The van der Waals surface area contributed by atoms with Gasteiger partial charge in [0.05, 0.1) is 0 Å². The number of nitrogens with two attached hydrogens (primary N) is 1. The van der Waals surface area contributed by atoms with Gasteiger partial charge < -0.3 is 5.73 Å². The highest BCUT2D eigenvalue weighted by Gasteiger charge is 2.04. The molecular formula is C10H13N3S2. The Balaban J connectivity index is 1.90. The molecule has 0 saturated carbocycles. The van der Waals surface area contributed by atoms with E-state index in [1.54, 1.807) is 22.7 Å². The lowest BCUT2D eigenvalue weighted by Crippen LogP contribution is -2.15. The lowest BCUT2D eigenvalue weighted by Gasteiger charge is -2.13. The first-order valence-electron chi connectivity index (χ1n) is 4.64. The highest BCUT2D eigenvalue weighted by molar-refractivity contribution is 7.15. The number of hydrogen-bond acceptors (Lipinski definition) is 5. The number of anilines is 1. The minimum atomic E-state index is 0.647. The van der Waals surface area contributed by atoms with Gasteiger partial charge in [-0.3, -0.25) is 4.90 Å². The molecule has 0 atom stereocenters. The van der Waals surface area contributed by atoms with Crippen molar-refractivity contribution >= 4 is 27.8 Å². The van der Waals surface area contributed by atoms with Gasteiger partial charge in [-0.05, 0) is 29.4 Å². The molecule has 0 amide bonds. The fourth-order valence-electron chi connectivity index (χ4n) is 1.41. The van der Waals surface area contributed by atoms with Gasteiger partial charge in [0.15, 0.2) is 5.13 Å². The fourth-order valence-corrected chi connectivity index (χ4v) is 2.84. The summed E-state index contributed by atoms with van der Waals surface area (Å²) >= 11 is 3.29. The Morgan fingerprint density at radius 2 is 2.33 bits per heavy atom. The van der Waals surface area contributed by atoms with Crippen LogP contribution in [0.25, 0.3) is 0 Å². The maximum absolute atomic E-state index is 5.58. The number of nitrogen functional groups attached to an aromatic ring is 1. The van der Waals surface area contributed by atoms with Crippen LogP contribution in [0, 0.1) is 0 Å². The molecule has 0 aliphatic heterocycles. The number of rotatable bonds is 4. The molecule has 3 nitrogen and oxygen atoms in total. The number of thiophene rings is 1. The van der Waals surface area contributed by atoms with Crippen molar-refractivity contribution in [3.05, 3.63) is 33.5 Å². The van der Waals surface area contributed by atoms with Gasteiger partial charge in [0.2, 0.25) is 0 Å². The summed E-state index contributed by atoms with van der Waals surface area (Å²) in [6, 6.07) is 2.15. The molecule has 2 heterocycles. The van der Waals surface area contributed by atoms with Gasteiger partial charge in [0.25, 0.3) is 0 Å². The van der Waals surface area contributed by atoms with Crippen molar-refractivity contribution in [1.82, 2.24) is 9.88 Å². The molecule has 2 N–H and O–H groups in total. The van der Waals surface area contributed by atoms with Crippen molar-refractivity contribution in [2.24, 2.45) is 0 Å². The van der Waals surface area contributed by atoms with Gasteiger partial charge in [-0.15, -0.1) is 11.3 Å². The number of aromatic nitrogens is 1. The van der Waals surface area contributed by atoms with Crippen LogP contribution in [0.1, 0.15) is 10.4 Å². The van der Waals surface area contributed by atoms with Crippen LogP contribution < -0.4 is 5.73 Å². The van der Waals surface area contributed by atoms with Gasteiger partial charge in [0.1, 0.15) is 0 Å². The molecule has 2 rings (SSSR count). The van der Waals surface area contributed by atoms with Crippen LogP contribution in [0.5, 0.6) is 0 Å². The molecule has 0 aliphatic rings. The summed E-state index contributed by atoms with van der Waals surface area (Å²) in [6.07, 6.45) is 1.85. The fraction of sp³-hybridized carbons (Fsp3) is 0.300. The maximum atomic E-state index is 5.58. The average molecular weight is 239 g/mol. The molecule has 2 aromatic heterocycles. The van der Waals surface area contributed by atoms with Crippen LogP contribution in [-0.2, 0) is 13.1 Å². The van der Waals surface area contributed by atoms with Crippen LogP contribution in [0.4, 0.5) is 5.13 Å². The third kappa shape index (κ3) is 3.02. The monoisotopic (exact) mass is 239 g/mol. The molecule has 0 radical (unpaired) electrons. The molecule has 2 aromatic rings. The van der Waals surface area contributed by atoms with Crippen LogP contribution in [0.15, 0.2) is 23.0 Å². The SMILES string of the molecule is CN(Cc1ccsc1)Cc1cnc(N)s1. The van der Waals surface area contributed by atoms with E-state index < -0.39 is 0 Å². The van der Waals surface area contributed by atoms with Gasteiger partial charge in [-0.25, -0.2) is 4.98 Å². The zero-order valence-corrected chi connectivity index (χ0v) is 10.1. The second-order valence-corrected chi connectivity index (χ2v) is 5.40. The van der Waals surface area contributed by atoms with Crippen molar-refractivity contribution in [3.63, 3.8) is 0 Å². The summed E-state index contributed by atoms with van der Waals surface area (Å²) in [5.41, 5.74) is 6.94. The first-order valence-corrected chi connectivity index (χ1v) is 6.40. The largest absolute Gasteiger partial charge is 0.375 e. The Bertz CT molecular complexity index is 408. The molecule has 15 heavy (non-hydrogen) atoms. The molecule has 0 bridgehead atoms. The normalized spacial score (nSPS) is 11.1. The molecule has 0 aromatic carbocycles. The minimum absolute atomic E-state index is 0.647. The van der Waals surface area contributed by atoms with E-state index >= 15 is 0 Å². The summed E-state index contributed by atoms with van der Waals surface area (Å²) in [7, 11) is 2.10. The standard InChI is InChI=1S/C10H13N3S2/c1-13(5-8-2-3-14-7-8)6-9-4-12-10(11)15-9/h2-4,7H,5-6H2,1H3,(H2,11,12). The molecule has 0 fully saturated rings. The molecule has 0 spiro atoms. The lowest BCUT2D eigenvalue weighted by molar-refractivity contribution is 0.322. The quantitative estimate of drug-likeness (QED) is 0.891. The van der Waals surface area contributed by atoms with Crippen LogP contribution in [0.3, 0.4) is 0 Å². The second-order valence-electron chi connectivity index (χ2n) is 3.47. The van der Waals surface area contributed by atoms with Gasteiger partial charge >= 0.3 is 0 Å². The molecule has 0 unspecified atom stereocenters. The smallest absolute Gasteiger partial charge is 0.180 e. The van der Waals surface area contributed by atoms with Crippen molar-refractivity contribution in [3.8, 4) is 0 Å². The van der Waals surface area contributed by atoms with Crippen LogP contribution in [0.2, 0.25) is 0 Å². The molecule has 0 saturated heterocycles. The van der Waals surface area contributed by atoms with Crippen molar-refractivity contribution in [2.45, 2.75) is 13.1 Å². The summed E-state index contributed by atoms with van der Waals surface area (Å²) in [5.74, 6) is 0. The summed E-state index contributed by atoms with van der Waals surface area (Å²) in [4.78, 5) is 7.51. The van der Waals surface area contributed by atoms with E-state index in [4.69, 9.17) is 5.73 Å². The van der Waals surface area contributed by atoms with Crippen molar-refractivity contribution < 1.29 is 0 Å². The average Bonchev–Trinajstić information content (AvgIpc) is 2.77. The maximum Gasteiger partial charge on any atom is 0.180 e. The zero-order chi connectivity index (χ0) is 10.7. The van der Waals surface area contributed by atoms with E-state index in [-0.39, 0.29) is 0 Å². The predicted octanol–water partition coefficient (Wildman–Crippen LogP) is 2.42. The van der Waals surface area contributed by atoms with E-state index in [9.17, 15) is 0 Å². The Morgan fingerprint density at radius 3 is 2.93 bits per heavy atom. The Hall–Kier alpha value is -0.910. The summed E-state index contributed by atoms with van der Waals surface area (Å²) < 4.78 is 0. The Kier molecular flexibility index (Phi) is 3.35. The summed E-state index contributed by atoms with van der Waals surface area (Å²) in [5, 5.41) is 4.93. The minimum Gasteiger partial charge on any atom is -0.375 e. The topological polar surface area (TPSA) is 42.2 Å². The van der Waals surface area contributed by atoms with Crippen molar-refractivity contribution in [1.29, 1.82) is 0 Å². The predicted molar refractivity (Wildman–Crippen MR) is 66.0 cm³/mol. The van der Waals surface area contributed by atoms with Gasteiger partial charge in [-0.1, -0.05) is 0 Å². The van der Waals surface area contributed by atoms with E-state index in [0.29, 0.717) is 5.13 Å². The zero-order valence-electron chi connectivity index (χ0n) is 8.51. The number of thiazole rings is 1. The van der Waals surface area contributed by atoms with E-state index in [2.05, 4.69) is 33.8 Å². The third-order valence-corrected chi connectivity index (χ3v) is 3.57. The van der Waals surface area contributed by atoms with Crippen LogP contribution >= 0.6 is 22.7 Å². The Labute approximate surface area is 97.2 Å². The third-order valence-electron chi connectivity index (χ3n) is 2.03. The van der Waals surface area contributed by atoms with E-state index in [0.717, 1.165) is 13.1 Å². The summed E-state index contributed by atoms with van der Waals surface area (Å²) in [6.45, 7) is 1.88. The first-order chi connectivity index (χ1) is 7.24. The second kappa shape index (κ2) is 4.74. The number of hydrogen-bond donors (Lipinski definition) is 1.